The van der Waals surface area contributed by atoms with Crippen molar-refractivity contribution in [3.05, 3.63) is 70.8 Å². The summed E-state index contributed by atoms with van der Waals surface area (Å²) < 4.78 is 9.94. The van der Waals surface area contributed by atoms with Gasteiger partial charge in [0.25, 0.3) is 5.91 Å². The Hall–Kier alpha value is -2.66. The number of hydrogen-bond acceptors (Lipinski definition) is 4. The van der Waals surface area contributed by atoms with Crippen molar-refractivity contribution in [3.63, 3.8) is 0 Å². The summed E-state index contributed by atoms with van der Waals surface area (Å²) in [6.45, 7) is 2.63. The van der Waals surface area contributed by atoms with E-state index in [4.69, 9.17) is 9.47 Å². The van der Waals surface area contributed by atoms with Crippen LogP contribution in [0.3, 0.4) is 0 Å². The van der Waals surface area contributed by atoms with Crippen LogP contribution in [0.25, 0.3) is 0 Å². The molecule has 0 aliphatic carbocycles. The van der Waals surface area contributed by atoms with Crippen molar-refractivity contribution in [3.8, 4) is 0 Å². The number of benzene rings is 2. The number of carbonyl (C=O) groups excluding carboxylic acids is 2. The fraction of sp³-hybridized carbons (Fsp3) is 0.300. The highest BCUT2D eigenvalue weighted by molar-refractivity contribution is 5.94. The molecule has 0 fully saturated rings. The van der Waals surface area contributed by atoms with Gasteiger partial charge in [0.2, 0.25) is 0 Å². The molecule has 132 valence electrons. The summed E-state index contributed by atoms with van der Waals surface area (Å²) in [5, 5.41) is 2.81. The van der Waals surface area contributed by atoms with Gasteiger partial charge in [0.05, 0.1) is 19.6 Å². The van der Waals surface area contributed by atoms with Crippen LogP contribution in [0.4, 0.5) is 0 Å². The monoisotopic (exact) mass is 341 g/mol. The van der Waals surface area contributed by atoms with Crippen LogP contribution >= 0.6 is 0 Å². The van der Waals surface area contributed by atoms with Crippen LogP contribution in [-0.2, 0) is 20.9 Å². The molecule has 2 aromatic carbocycles. The lowest BCUT2D eigenvalue weighted by Crippen LogP contribution is -2.32. The van der Waals surface area contributed by atoms with E-state index in [9.17, 15) is 9.59 Å². The number of aryl methyl sites for hydroxylation is 1. The van der Waals surface area contributed by atoms with E-state index < -0.39 is 5.92 Å². The molecule has 0 saturated carbocycles. The summed E-state index contributed by atoms with van der Waals surface area (Å²) in [5.41, 5.74) is 3.40. The highest BCUT2D eigenvalue weighted by atomic mass is 16.5. The Bertz CT molecular complexity index is 725. The minimum Gasteiger partial charge on any atom is -0.468 e. The maximum absolute atomic E-state index is 12.3. The van der Waals surface area contributed by atoms with Gasteiger partial charge in [-0.15, -0.1) is 0 Å². The Morgan fingerprint density at radius 2 is 1.80 bits per heavy atom. The van der Waals surface area contributed by atoms with Crippen molar-refractivity contribution in [2.45, 2.75) is 19.4 Å². The van der Waals surface area contributed by atoms with E-state index >= 15 is 0 Å². The molecule has 0 aliphatic rings. The Morgan fingerprint density at radius 3 is 2.40 bits per heavy atom. The first-order chi connectivity index (χ1) is 12.0. The normalized spacial score (nSPS) is 11.6. The molecule has 0 spiro atoms. The van der Waals surface area contributed by atoms with Crippen molar-refractivity contribution >= 4 is 11.9 Å². The predicted molar refractivity (Wildman–Crippen MR) is 95.4 cm³/mol. The first-order valence-corrected chi connectivity index (χ1v) is 8.05. The fourth-order valence-corrected chi connectivity index (χ4v) is 2.58. The van der Waals surface area contributed by atoms with Crippen LogP contribution in [0, 0.1) is 6.92 Å². The highest BCUT2D eigenvalue weighted by Gasteiger charge is 2.22. The summed E-state index contributed by atoms with van der Waals surface area (Å²) in [7, 11) is 2.97. The molecule has 2 aromatic rings. The molecule has 1 amide bonds. The van der Waals surface area contributed by atoms with E-state index in [1.807, 2.05) is 43.3 Å². The molecule has 1 atom stereocenters. The van der Waals surface area contributed by atoms with Gasteiger partial charge in [0.15, 0.2) is 0 Å². The second-order valence-electron chi connectivity index (χ2n) is 5.83. The SMILES string of the molecule is COCc1ccc(C(=O)NC[C@H](C(=O)OC)c2cccc(C)c2)cc1. The quantitative estimate of drug-likeness (QED) is 0.787. The zero-order chi connectivity index (χ0) is 18.2. The molecule has 0 heterocycles. The molecular formula is C20H23NO4. The van der Waals surface area contributed by atoms with Gasteiger partial charge in [0, 0.05) is 19.2 Å². The lowest BCUT2D eigenvalue weighted by atomic mass is 9.97. The van der Waals surface area contributed by atoms with Crippen molar-refractivity contribution in [2.24, 2.45) is 0 Å². The lowest BCUT2D eigenvalue weighted by molar-refractivity contribution is -0.142. The number of carbonyl (C=O) groups is 2. The molecule has 5 nitrogen and oxygen atoms in total. The first-order valence-electron chi connectivity index (χ1n) is 8.05. The summed E-state index contributed by atoms with van der Waals surface area (Å²) >= 11 is 0. The molecule has 5 heteroatoms. The number of amides is 1. The van der Waals surface area contributed by atoms with E-state index in [0.29, 0.717) is 12.2 Å². The van der Waals surface area contributed by atoms with Crippen LogP contribution in [0.1, 0.15) is 33.0 Å². The summed E-state index contributed by atoms with van der Waals surface area (Å²) in [5.74, 6) is -1.14. The average Bonchev–Trinajstić information content (AvgIpc) is 2.62. The first kappa shape index (κ1) is 18.7. The fourth-order valence-electron chi connectivity index (χ4n) is 2.58. The summed E-state index contributed by atoms with van der Waals surface area (Å²) in [6.07, 6.45) is 0. The maximum Gasteiger partial charge on any atom is 0.314 e. The number of methoxy groups -OCH3 is 2. The molecule has 0 saturated heterocycles. The smallest absolute Gasteiger partial charge is 0.314 e. The number of nitrogens with one attached hydrogen (secondary N) is 1. The maximum atomic E-state index is 12.3. The average molecular weight is 341 g/mol. The molecule has 2 rings (SSSR count). The van der Waals surface area contributed by atoms with E-state index in [-0.39, 0.29) is 18.4 Å². The molecule has 25 heavy (non-hydrogen) atoms. The zero-order valence-electron chi connectivity index (χ0n) is 14.7. The number of esters is 1. The van der Waals surface area contributed by atoms with Gasteiger partial charge >= 0.3 is 5.97 Å². The Labute approximate surface area is 148 Å². The second kappa shape index (κ2) is 8.99. The summed E-state index contributed by atoms with van der Waals surface area (Å²) in [4.78, 5) is 24.4. The molecule has 0 aromatic heterocycles. The van der Waals surface area contributed by atoms with E-state index in [1.54, 1.807) is 19.2 Å². The molecule has 1 N–H and O–H groups in total. The number of hydrogen-bond donors (Lipinski definition) is 1. The largest absolute Gasteiger partial charge is 0.468 e. The van der Waals surface area contributed by atoms with Gasteiger partial charge in [-0.3, -0.25) is 9.59 Å². The summed E-state index contributed by atoms with van der Waals surface area (Å²) in [6, 6.07) is 14.8. The van der Waals surface area contributed by atoms with Crippen LogP contribution in [-0.4, -0.2) is 32.6 Å². The van der Waals surface area contributed by atoms with Gasteiger partial charge in [0.1, 0.15) is 0 Å². The van der Waals surface area contributed by atoms with Crippen LogP contribution < -0.4 is 5.32 Å². The van der Waals surface area contributed by atoms with Gasteiger partial charge in [-0.25, -0.2) is 0 Å². The van der Waals surface area contributed by atoms with Gasteiger partial charge in [-0.2, -0.15) is 0 Å². The van der Waals surface area contributed by atoms with Gasteiger partial charge in [-0.05, 0) is 30.2 Å². The number of rotatable bonds is 7. The third kappa shape index (κ3) is 5.16. The van der Waals surface area contributed by atoms with Gasteiger partial charge in [-0.1, -0.05) is 42.0 Å². The van der Waals surface area contributed by atoms with E-state index in [1.165, 1.54) is 7.11 Å². The topological polar surface area (TPSA) is 64.6 Å². The Balaban J connectivity index is 2.06. The Kier molecular flexibility index (Phi) is 6.71. The predicted octanol–water partition coefficient (Wildman–Crippen LogP) is 2.83. The van der Waals surface area contributed by atoms with Gasteiger partial charge < -0.3 is 14.8 Å². The molecule has 0 bridgehead atoms. The second-order valence-corrected chi connectivity index (χ2v) is 5.83. The van der Waals surface area contributed by atoms with Crippen LogP contribution in [0.15, 0.2) is 48.5 Å². The lowest BCUT2D eigenvalue weighted by Gasteiger charge is -2.16. The zero-order valence-corrected chi connectivity index (χ0v) is 14.7. The van der Waals surface area contributed by atoms with Crippen molar-refractivity contribution in [1.29, 1.82) is 0 Å². The molecule has 0 radical (unpaired) electrons. The van der Waals surface area contributed by atoms with Crippen molar-refractivity contribution in [1.82, 2.24) is 5.32 Å². The minimum absolute atomic E-state index is 0.175. The third-order valence-electron chi connectivity index (χ3n) is 3.92. The van der Waals surface area contributed by atoms with E-state index in [0.717, 1.165) is 16.7 Å². The highest BCUT2D eigenvalue weighted by Crippen LogP contribution is 2.18. The molecule has 0 aliphatic heterocycles. The third-order valence-corrected chi connectivity index (χ3v) is 3.92. The van der Waals surface area contributed by atoms with Crippen LogP contribution in [0.5, 0.6) is 0 Å². The number of ether oxygens (including phenoxy) is 2. The minimum atomic E-state index is -0.540. The van der Waals surface area contributed by atoms with Crippen molar-refractivity contribution < 1.29 is 19.1 Å². The molecule has 0 unspecified atom stereocenters. The molecular weight excluding hydrogens is 318 g/mol. The van der Waals surface area contributed by atoms with Crippen molar-refractivity contribution in [2.75, 3.05) is 20.8 Å². The standard InChI is InChI=1S/C20H23NO4/c1-14-5-4-6-17(11-14)18(20(23)25-3)12-21-19(22)16-9-7-15(8-10-16)13-24-2/h4-11,18H,12-13H2,1-3H3,(H,21,22)/t18-/m0/s1. The van der Waals surface area contributed by atoms with Crippen LogP contribution in [0.2, 0.25) is 0 Å². The van der Waals surface area contributed by atoms with E-state index in [2.05, 4.69) is 5.32 Å². The Morgan fingerprint density at radius 1 is 1.08 bits per heavy atom.